The van der Waals surface area contributed by atoms with Crippen LogP contribution in [0.1, 0.15) is 33.4 Å². The fraction of sp³-hybridized carbons (Fsp3) is 0.278. The molecule has 4 aromatic carbocycles. The minimum atomic E-state index is -1.66. The van der Waals surface area contributed by atoms with Crippen molar-refractivity contribution in [3.63, 3.8) is 0 Å². The molecule has 4 aromatic rings. The topological polar surface area (TPSA) is 170 Å². The van der Waals surface area contributed by atoms with Gasteiger partial charge in [-0.3, -0.25) is 39.8 Å². The van der Waals surface area contributed by atoms with Crippen molar-refractivity contribution in [2.24, 2.45) is 0 Å². The van der Waals surface area contributed by atoms with Gasteiger partial charge >= 0.3 is 23.4 Å². The number of hydrogen-bond acceptors (Lipinski definition) is 10. The van der Waals surface area contributed by atoms with Crippen LogP contribution in [-0.4, -0.2) is 69.9 Å². The molecule has 4 amide bonds. The van der Waals surface area contributed by atoms with E-state index >= 15 is 9.59 Å². The molecular formula is C36H32N6O10. The second-order valence-corrected chi connectivity index (χ2v) is 12.6. The summed E-state index contributed by atoms with van der Waals surface area (Å²) in [5, 5.41) is 25.1. The van der Waals surface area contributed by atoms with E-state index in [0.29, 0.717) is 33.8 Å². The molecule has 0 atom stereocenters. The third-order valence-corrected chi connectivity index (χ3v) is 10.7. The molecule has 4 heterocycles. The SMILES string of the molecule is COc1ccc(OC)c2c1CN1C(=O)N3Cc4c(c(OC)c([N+](=O)[O-])c([N+](=O)[O-])c4OC)CN4C(=O)N(C2)C1(c1ccccc1)C34c1ccccc1. The van der Waals surface area contributed by atoms with Gasteiger partial charge in [0.05, 0.1) is 64.5 Å². The molecule has 4 aliphatic rings. The van der Waals surface area contributed by atoms with Crippen LogP contribution < -0.4 is 18.9 Å². The molecule has 16 nitrogen and oxygen atoms in total. The fourth-order valence-electron chi connectivity index (χ4n) is 8.88. The molecule has 0 N–H and O–H groups in total. The van der Waals surface area contributed by atoms with Crippen molar-refractivity contribution in [3.8, 4) is 23.0 Å². The van der Waals surface area contributed by atoms with Gasteiger partial charge in [-0.25, -0.2) is 9.59 Å². The van der Waals surface area contributed by atoms with Gasteiger partial charge < -0.3 is 18.9 Å². The molecule has 8 rings (SSSR count). The summed E-state index contributed by atoms with van der Waals surface area (Å²) in [6.45, 7) is -0.710. The zero-order chi connectivity index (χ0) is 36.7. The summed E-state index contributed by atoms with van der Waals surface area (Å²) in [6, 6.07) is 20.8. The van der Waals surface area contributed by atoms with E-state index in [1.165, 1.54) is 38.2 Å². The molecule has 0 radical (unpaired) electrons. The van der Waals surface area contributed by atoms with E-state index in [4.69, 9.17) is 18.9 Å². The Morgan fingerprint density at radius 2 is 0.846 bits per heavy atom. The van der Waals surface area contributed by atoms with Crippen molar-refractivity contribution >= 4 is 23.4 Å². The molecule has 0 aliphatic carbocycles. The predicted octanol–water partition coefficient (Wildman–Crippen LogP) is 5.45. The van der Waals surface area contributed by atoms with Gasteiger partial charge in [-0.05, 0) is 12.1 Å². The van der Waals surface area contributed by atoms with Crippen LogP contribution in [0.4, 0.5) is 21.0 Å². The number of methoxy groups -OCH3 is 4. The fourth-order valence-corrected chi connectivity index (χ4v) is 8.88. The Morgan fingerprint density at radius 1 is 0.519 bits per heavy atom. The first kappa shape index (κ1) is 32.6. The van der Waals surface area contributed by atoms with Crippen LogP contribution in [0.5, 0.6) is 23.0 Å². The van der Waals surface area contributed by atoms with Crippen LogP contribution in [0.15, 0.2) is 72.8 Å². The zero-order valence-corrected chi connectivity index (χ0v) is 28.5. The van der Waals surface area contributed by atoms with Gasteiger partial charge in [-0.15, -0.1) is 0 Å². The molecule has 52 heavy (non-hydrogen) atoms. The molecule has 16 heteroatoms. The van der Waals surface area contributed by atoms with Crippen molar-refractivity contribution in [1.29, 1.82) is 0 Å². The maximum absolute atomic E-state index is 15.5. The molecule has 2 fully saturated rings. The Labute approximate surface area is 296 Å². The summed E-state index contributed by atoms with van der Waals surface area (Å²) in [6.07, 6.45) is 0. The maximum Gasteiger partial charge on any atom is 0.391 e. The normalized spacial score (nSPS) is 21.2. The van der Waals surface area contributed by atoms with E-state index in [2.05, 4.69) is 0 Å². The van der Waals surface area contributed by atoms with Gasteiger partial charge in [0.2, 0.25) is 11.5 Å². The van der Waals surface area contributed by atoms with E-state index < -0.39 is 56.1 Å². The Kier molecular flexibility index (Phi) is 7.20. The van der Waals surface area contributed by atoms with Gasteiger partial charge in [0.25, 0.3) is 0 Å². The average molecular weight is 709 g/mol. The summed E-state index contributed by atoms with van der Waals surface area (Å²) in [4.78, 5) is 60.7. The highest BCUT2D eigenvalue weighted by atomic mass is 16.6. The van der Waals surface area contributed by atoms with Gasteiger partial charge in [0.1, 0.15) is 11.5 Å². The second-order valence-electron chi connectivity index (χ2n) is 12.6. The highest BCUT2D eigenvalue weighted by Gasteiger charge is 2.81. The summed E-state index contributed by atoms with van der Waals surface area (Å²) >= 11 is 0. The molecule has 0 bridgehead atoms. The number of urea groups is 2. The minimum absolute atomic E-state index is 0.0140. The second kappa shape index (κ2) is 11.5. The van der Waals surface area contributed by atoms with Crippen LogP contribution in [0.2, 0.25) is 0 Å². The summed E-state index contributed by atoms with van der Waals surface area (Å²) < 4.78 is 22.8. The lowest BCUT2D eigenvalue weighted by atomic mass is 9.79. The monoisotopic (exact) mass is 708 g/mol. The van der Waals surface area contributed by atoms with Crippen LogP contribution >= 0.6 is 0 Å². The van der Waals surface area contributed by atoms with Crippen LogP contribution in [0, 0.1) is 20.2 Å². The molecule has 0 unspecified atom stereocenters. The van der Waals surface area contributed by atoms with Crippen LogP contribution in [-0.2, 0) is 37.5 Å². The lowest BCUT2D eigenvalue weighted by Crippen LogP contribution is -2.62. The summed E-state index contributed by atoms with van der Waals surface area (Å²) in [5.74, 6) is 0.184. The summed E-state index contributed by atoms with van der Waals surface area (Å²) in [7, 11) is 5.40. The number of nitro benzene ring substituents is 2. The van der Waals surface area contributed by atoms with Crippen molar-refractivity contribution in [2.75, 3.05) is 28.4 Å². The van der Waals surface area contributed by atoms with E-state index in [9.17, 15) is 20.2 Å². The Hall–Kier alpha value is -6.58. The van der Waals surface area contributed by atoms with Crippen molar-refractivity contribution < 1.29 is 38.4 Å². The highest BCUT2D eigenvalue weighted by Crippen LogP contribution is 2.67. The van der Waals surface area contributed by atoms with Crippen LogP contribution in [0.25, 0.3) is 0 Å². The van der Waals surface area contributed by atoms with Gasteiger partial charge in [-0.1, -0.05) is 60.7 Å². The third-order valence-electron chi connectivity index (χ3n) is 10.7. The van der Waals surface area contributed by atoms with Crippen LogP contribution in [0.3, 0.4) is 0 Å². The molecular weight excluding hydrogens is 676 g/mol. The number of nitro groups is 2. The largest absolute Gasteiger partial charge is 0.496 e. The Bertz CT molecular complexity index is 2090. The number of carbonyl (C=O) groups excluding carboxylic acids is 2. The Balaban J connectivity index is 1.54. The number of carbonyl (C=O) groups is 2. The lowest BCUT2D eigenvalue weighted by molar-refractivity contribution is -0.423. The molecule has 0 saturated carbocycles. The molecule has 0 spiro atoms. The van der Waals surface area contributed by atoms with Crippen molar-refractivity contribution in [3.05, 3.63) is 126 Å². The van der Waals surface area contributed by atoms with E-state index in [0.717, 1.165) is 0 Å². The van der Waals surface area contributed by atoms with Crippen molar-refractivity contribution in [1.82, 2.24) is 19.6 Å². The standard InChI is InChI=1S/C36H32N6O10/c1-49-27-15-16-28(50-2)24-18-38-34(44)40-20-26-25(31(51-3)29(41(45)46)30(42(47)48)32(26)52-4)19-39-33(43)37(17-23(24)27)35(38,21-11-7-5-8-12-21)36(39,40)22-13-9-6-10-14-22/h5-16H,17-20H2,1-4H3. The molecule has 266 valence electrons. The quantitative estimate of drug-likeness (QED) is 0.170. The molecule has 4 aliphatic heterocycles. The van der Waals surface area contributed by atoms with E-state index in [-0.39, 0.29) is 37.3 Å². The first-order valence-electron chi connectivity index (χ1n) is 16.2. The predicted molar refractivity (Wildman–Crippen MR) is 182 cm³/mol. The van der Waals surface area contributed by atoms with Gasteiger partial charge in [0, 0.05) is 33.4 Å². The number of hydrogen-bond donors (Lipinski definition) is 0. The Morgan fingerprint density at radius 3 is 1.13 bits per heavy atom. The number of fused-ring (bicyclic) bond motifs is 2. The first-order valence-corrected chi connectivity index (χ1v) is 16.2. The minimum Gasteiger partial charge on any atom is -0.496 e. The third kappa shape index (κ3) is 3.80. The molecule has 0 aromatic heterocycles. The number of ether oxygens (including phenoxy) is 4. The number of amides is 4. The maximum atomic E-state index is 15.5. The number of benzene rings is 4. The highest BCUT2D eigenvalue weighted by molar-refractivity contribution is 5.91. The molecule has 2 saturated heterocycles. The van der Waals surface area contributed by atoms with E-state index in [1.807, 2.05) is 48.5 Å². The van der Waals surface area contributed by atoms with Crippen molar-refractivity contribution in [2.45, 2.75) is 37.5 Å². The average Bonchev–Trinajstić information content (AvgIpc) is 3.31. The first-order chi connectivity index (χ1) is 25.1. The van der Waals surface area contributed by atoms with Gasteiger partial charge in [0.15, 0.2) is 11.3 Å². The smallest absolute Gasteiger partial charge is 0.391 e. The summed E-state index contributed by atoms with van der Waals surface area (Å²) in [5.41, 5.74) is -2.41. The van der Waals surface area contributed by atoms with E-state index in [1.54, 1.807) is 34.1 Å². The number of nitrogens with zero attached hydrogens (tertiary/aromatic N) is 6. The lowest BCUT2D eigenvalue weighted by Gasteiger charge is -2.49. The zero-order valence-electron chi connectivity index (χ0n) is 28.5. The number of rotatable bonds is 8. The van der Waals surface area contributed by atoms with Gasteiger partial charge in [-0.2, -0.15) is 0 Å².